The molecule has 0 fully saturated rings. The topological polar surface area (TPSA) is 8.17 Å². The van der Waals surface area contributed by atoms with Gasteiger partial charge in [-0.25, -0.2) is 0 Å². The first-order chi connectivity index (χ1) is 37.2. The number of hydrogen-bond donors (Lipinski definition) is 0. The van der Waals surface area contributed by atoms with Gasteiger partial charge in [0.25, 0.3) is 0 Å². The van der Waals surface area contributed by atoms with E-state index in [2.05, 4.69) is 301 Å². The fraction of sp³-hybridized carbons (Fsp3) is 0.0137. The number of aromatic nitrogens is 1. The van der Waals surface area contributed by atoms with Gasteiger partial charge in [0.1, 0.15) is 0 Å². The van der Waals surface area contributed by atoms with Crippen molar-refractivity contribution in [3.05, 3.63) is 313 Å². The number of para-hydroxylation sites is 3. The highest BCUT2D eigenvalue weighted by Gasteiger charge is 2.51. The van der Waals surface area contributed by atoms with Crippen LogP contribution < -0.4 is 4.90 Å². The fourth-order valence-corrected chi connectivity index (χ4v) is 12.7. The zero-order valence-electron chi connectivity index (χ0n) is 41.1. The zero-order chi connectivity index (χ0) is 49.5. The molecule has 0 aliphatic heterocycles. The second-order valence-corrected chi connectivity index (χ2v) is 20.0. The van der Waals surface area contributed by atoms with Crippen LogP contribution in [0.5, 0.6) is 0 Å². The Bertz CT molecular complexity index is 4220. The maximum absolute atomic E-state index is 2.49. The summed E-state index contributed by atoms with van der Waals surface area (Å²) in [5, 5.41) is 2.54. The molecule has 2 aliphatic carbocycles. The van der Waals surface area contributed by atoms with Crippen molar-refractivity contribution in [2.45, 2.75) is 5.41 Å². The molecule has 0 saturated heterocycles. The highest BCUT2D eigenvalue weighted by molar-refractivity contribution is 6.09. The van der Waals surface area contributed by atoms with Crippen LogP contribution in [0.4, 0.5) is 17.1 Å². The van der Waals surface area contributed by atoms with Crippen molar-refractivity contribution in [1.29, 1.82) is 0 Å². The van der Waals surface area contributed by atoms with E-state index in [4.69, 9.17) is 0 Å². The zero-order valence-corrected chi connectivity index (χ0v) is 41.1. The van der Waals surface area contributed by atoms with Crippen molar-refractivity contribution in [3.63, 3.8) is 0 Å². The predicted molar refractivity (Wildman–Crippen MR) is 314 cm³/mol. The normalized spacial score (nSPS) is 12.6. The molecule has 350 valence electrons. The van der Waals surface area contributed by atoms with Crippen LogP contribution in [-0.2, 0) is 5.41 Å². The number of fused-ring (bicyclic) bond motifs is 13. The summed E-state index contributed by atoms with van der Waals surface area (Å²) in [5.74, 6) is 0. The van der Waals surface area contributed by atoms with Crippen LogP contribution in [0, 0.1) is 0 Å². The van der Waals surface area contributed by atoms with Crippen LogP contribution in [-0.4, -0.2) is 4.57 Å². The van der Waals surface area contributed by atoms with Crippen molar-refractivity contribution in [2.75, 3.05) is 4.90 Å². The van der Waals surface area contributed by atoms with Crippen molar-refractivity contribution < 1.29 is 0 Å². The molecule has 12 aromatic carbocycles. The van der Waals surface area contributed by atoms with Crippen molar-refractivity contribution in [1.82, 2.24) is 4.57 Å². The van der Waals surface area contributed by atoms with E-state index in [9.17, 15) is 0 Å². The van der Waals surface area contributed by atoms with Crippen molar-refractivity contribution >= 4 is 38.9 Å². The molecule has 0 N–H and O–H groups in total. The first kappa shape index (κ1) is 42.9. The third-order valence-corrected chi connectivity index (χ3v) is 16.0. The Labute approximate surface area is 437 Å². The lowest BCUT2D eigenvalue weighted by Gasteiger charge is -2.32. The van der Waals surface area contributed by atoms with E-state index in [1.54, 1.807) is 0 Å². The summed E-state index contributed by atoms with van der Waals surface area (Å²) >= 11 is 0. The largest absolute Gasteiger partial charge is 0.310 e. The lowest BCUT2D eigenvalue weighted by Crippen LogP contribution is -2.26. The molecular weight excluding hydrogens is 905 g/mol. The van der Waals surface area contributed by atoms with Crippen LogP contribution >= 0.6 is 0 Å². The Kier molecular flexibility index (Phi) is 9.83. The number of rotatable bonds is 8. The Hall–Kier alpha value is -9.76. The standard InChI is InChI=1S/C73H48N2/c1-2-17-49(18-3-1)54-19-16-20-55(47-54)59-21-7-13-30-70(59)74(58-45-46-63-62-24-6-12-29-68(62)73(69(63)48-58)66-27-10-4-22-60(66)61-23-5-11-28-67(61)73)56-41-37-52(38-42-56)50-33-35-51(36-34-50)53-39-43-57(44-40-53)75-71-31-14-8-25-64(71)65-26-9-15-32-72(65)75/h1-48H. The molecule has 1 aromatic heterocycles. The number of nitrogens with zero attached hydrogens (tertiary/aromatic N) is 2. The van der Waals surface area contributed by atoms with Gasteiger partial charge in [0.05, 0.1) is 22.1 Å². The van der Waals surface area contributed by atoms with Gasteiger partial charge in [0, 0.05) is 33.4 Å². The number of hydrogen-bond acceptors (Lipinski definition) is 1. The molecule has 0 radical (unpaired) electrons. The molecule has 15 rings (SSSR count). The minimum absolute atomic E-state index is 0.464. The summed E-state index contributed by atoms with van der Waals surface area (Å²) in [7, 11) is 0. The molecule has 1 spiro atoms. The summed E-state index contributed by atoms with van der Waals surface area (Å²) in [4.78, 5) is 2.48. The second-order valence-electron chi connectivity index (χ2n) is 20.0. The van der Waals surface area contributed by atoms with Gasteiger partial charge in [0.2, 0.25) is 0 Å². The minimum Gasteiger partial charge on any atom is -0.310 e. The third-order valence-electron chi connectivity index (χ3n) is 16.0. The molecule has 2 aliphatic rings. The van der Waals surface area contributed by atoms with Crippen LogP contribution in [0.2, 0.25) is 0 Å². The molecule has 13 aromatic rings. The van der Waals surface area contributed by atoms with Gasteiger partial charge >= 0.3 is 0 Å². The van der Waals surface area contributed by atoms with E-state index in [0.717, 1.165) is 28.3 Å². The van der Waals surface area contributed by atoms with Crippen LogP contribution in [0.1, 0.15) is 22.3 Å². The molecule has 0 bridgehead atoms. The van der Waals surface area contributed by atoms with E-state index < -0.39 is 5.41 Å². The molecule has 2 nitrogen and oxygen atoms in total. The van der Waals surface area contributed by atoms with Gasteiger partial charge in [-0.05, 0) is 144 Å². The average Bonchev–Trinajstić information content (AvgIpc) is 4.11. The number of anilines is 3. The molecule has 1 heterocycles. The monoisotopic (exact) mass is 952 g/mol. The quantitative estimate of drug-likeness (QED) is 0.147. The first-order valence-electron chi connectivity index (χ1n) is 26.0. The Morgan fingerprint density at radius 1 is 0.253 bits per heavy atom. The lowest BCUT2D eigenvalue weighted by atomic mass is 9.70. The van der Waals surface area contributed by atoms with Gasteiger partial charge in [0.15, 0.2) is 0 Å². The van der Waals surface area contributed by atoms with Crippen LogP contribution in [0.15, 0.2) is 291 Å². The maximum Gasteiger partial charge on any atom is 0.0726 e. The van der Waals surface area contributed by atoms with Gasteiger partial charge in [-0.2, -0.15) is 0 Å². The van der Waals surface area contributed by atoms with Gasteiger partial charge in [-0.1, -0.05) is 231 Å². The van der Waals surface area contributed by atoms with Gasteiger partial charge < -0.3 is 9.47 Å². The molecule has 2 heteroatoms. The van der Waals surface area contributed by atoms with E-state index in [1.807, 2.05) is 0 Å². The van der Waals surface area contributed by atoms with E-state index in [1.165, 1.54) is 105 Å². The van der Waals surface area contributed by atoms with Crippen molar-refractivity contribution in [2.24, 2.45) is 0 Å². The molecule has 0 atom stereocenters. The maximum atomic E-state index is 2.49. The van der Waals surface area contributed by atoms with Gasteiger partial charge in [-0.15, -0.1) is 0 Å². The summed E-state index contributed by atoms with van der Waals surface area (Å²) in [5.41, 5.74) is 26.4. The number of benzene rings is 12. The summed E-state index contributed by atoms with van der Waals surface area (Å²) in [6.07, 6.45) is 0. The van der Waals surface area contributed by atoms with E-state index in [0.29, 0.717) is 0 Å². The molecule has 0 saturated carbocycles. The predicted octanol–water partition coefficient (Wildman–Crippen LogP) is 19.3. The molecule has 0 amide bonds. The second kappa shape index (κ2) is 17.2. The van der Waals surface area contributed by atoms with Crippen LogP contribution in [0.3, 0.4) is 0 Å². The van der Waals surface area contributed by atoms with Crippen LogP contribution in [0.25, 0.3) is 94.3 Å². The summed E-state index contributed by atoms with van der Waals surface area (Å²) in [6, 6.07) is 107. The SMILES string of the molecule is c1ccc(-c2cccc(-c3ccccc3N(c3ccc(-c4ccc(-c5ccc(-n6c7ccccc7c7ccccc76)cc5)cc4)cc3)c3ccc4c(c3)C3(c5ccccc5-c5ccccc53)c3ccccc3-4)c2)cc1. The Morgan fingerprint density at radius 2 is 0.667 bits per heavy atom. The average molecular weight is 953 g/mol. The molecular formula is C73H48N2. The van der Waals surface area contributed by atoms with Crippen molar-refractivity contribution in [3.8, 4) is 72.4 Å². The third kappa shape index (κ3) is 6.66. The Morgan fingerprint density at radius 3 is 1.25 bits per heavy atom. The highest BCUT2D eigenvalue weighted by Crippen LogP contribution is 2.63. The fourth-order valence-electron chi connectivity index (χ4n) is 12.7. The smallest absolute Gasteiger partial charge is 0.0726 e. The van der Waals surface area contributed by atoms with E-state index in [-0.39, 0.29) is 0 Å². The Balaban J connectivity index is 0.831. The minimum atomic E-state index is -0.464. The lowest BCUT2D eigenvalue weighted by molar-refractivity contribution is 0.793. The summed E-state index contributed by atoms with van der Waals surface area (Å²) < 4.78 is 2.37. The van der Waals surface area contributed by atoms with Gasteiger partial charge in [-0.3, -0.25) is 0 Å². The summed E-state index contributed by atoms with van der Waals surface area (Å²) in [6.45, 7) is 0. The van der Waals surface area contributed by atoms with E-state index >= 15 is 0 Å². The molecule has 75 heavy (non-hydrogen) atoms. The molecule has 0 unspecified atom stereocenters. The first-order valence-corrected chi connectivity index (χ1v) is 26.0. The highest BCUT2D eigenvalue weighted by atomic mass is 15.1.